The highest BCUT2D eigenvalue weighted by molar-refractivity contribution is 8.26. The van der Waals surface area contributed by atoms with Gasteiger partial charge in [0.1, 0.15) is 6.23 Å². The van der Waals surface area contributed by atoms with E-state index in [9.17, 15) is 0 Å². The first kappa shape index (κ1) is 19.9. The average Bonchev–Trinajstić information content (AvgIpc) is 3.15. The molecule has 1 aliphatic rings. The van der Waals surface area contributed by atoms with E-state index in [-0.39, 0.29) is 6.23 Å². The second-order valence-electron chi connectivity index (χ2n) is 6.58. The Labute approximate surface area is 167 Å². The Morgan fingerprint density at radius 3 is 2.96 bits per heavy atom. The molecule has 1 aromatic heterocycles. The first-order chi connectivity index (χ1) is 12.9. The van der Waals surface area contributed by atoms with Crippen LogP contribution in [0.15, 0.2) is 30.6 Å². The summed E-state index contributed by atoms with van der Waals surface area (Å²) in [4.78, 5) is 1.97. The number of nitrogens with one attached hydrogen (secondary N) is 3. The van der Waals surface area contributed by atoms with Crippen LogP contribution in [-0.2, 0) is 4.74 Å². The van der Waals surface area contributed by atoms with Gasteiger partial charge in [0.05, 0.1) is 29.9 Å². The van der Waals surface area contributed by atoms with Gasteiger partial charge in [-0.05, 0) is 31.5 Å². The molecule has 1 aliphatic heterocycles. The molecule has 5 N–H and O–H groups in total. The van der Waals surface area contributed by atoms with Crippen LogP contribution in [0, 0.1) is 5.41 Å². The lowest BCUT2D eigenvalue weighted by Gasteiger charge is -2.35. The fraction of sp³-hybridized carbons (Fsp3) is 0.389. The normalized spacial score (nSPS) is 17.3. The smallest absolute Gasteiger partial charge is 0.248 e. The topological polar surface area (TPSA) is 103 Å². The zero-order valence-corrected chi connectivity index (χ0v) is 16.9. The van der Waals surface area contributed by atoms with E-state index >= 15 is 0 Å². The summed E-state index contributed by atoms with van der Waals surface area (Å²) < 4.78 is 5.70. The maximum Gasteiger partial charge on any atom is 0.248 e. The van der Waals surface area contributed by atoms with Crippen molar-refractivity contribution in [1.29, 1.82) is 5.41 Å². The summed E-state index contributed by atoms with van der Waals surface area (Å²) in [6.07, 6.45) is 3.46. The van der Waals surface area contributed by atoms with Crippen molar-refractivity contribution in [3.05, 3.63) is 41.2 Å². The number of benzene rings is 1. The molecule has 1 unspecified atom stereocenters. The molecule has 0 radical (unpaired) electrons. The molecule has 9 heteroatoms. The van der Waals surface area contributed by atoms with Crippen molar-refractivity contribution >= 4 is 33.6 Å². The predicted octanol–water partition coefficient (Wildman–Crippen LogP) is 1.56. The molecule has 1 saturated heterocycles. The third-order valence-corrected chi connectivity index (χ3v) is 5.35. The van der Waals surface area contributed by atoms with Crippen molar-refractivity contribution in [2.45, 2.75) is 26.1 Å². The van der Waals surface area contributed by atoms with Gasteiger partial charge in [-0.1, -0.05) is 17.7 Å². The number of nitrogens with zero attached hydrogens (tertiary/aromatic N) is 2. The molecule has 0 spiro atoms. The quantitative estimate of drug-likeness (QED) is 0.455. The van der Waals surface area contributed by atoms with Gasteiger partial charge in [0.25, 0.3) is 0 Å². The molecule has 7 nitrogen and oxygen atoms in total. The van der Waals surface area contributed by atoms with Gasteiger partial charge in [0, 0.05) is 36.1 Å². The van der Waals surface area contributed by atoms with Crippen molar-refractivity contribution in [3.8, 4) is 11.1 Å². The molecule has 0 amide bonds. The number of morpholine rings is 1. The fourth-order valence-corrected chi connectivity index (χ4v) is 3.96. The zero-order valence-electron chi connectivity index (χ0n) is 15.3. The first-order valence-corrected chi connectivity index (χ1v) is 9.94. The number of hydrogen-bond acceptors (Lipinski definition) is 5. The number of H-pyrrole nitrogens is 1. The van der Waals surface area contributed by atoms with Crippen molar-refractivity contribution in [3.63, 3.8) is 0 Å². The van der Waals surface area contributed by atoms with Gasteiger partial charge in [-0.2, -0.15) is 5.10 Å². The summed E-state index contributed by atoms with van der Waals surface area (Å²) in [5.74, 6) is 0. The number of amidine groups is 1. The maximum atomic E-state index is 8.41. The lowest BCUT2D eigenvalue weighted by atomic mass is 10.1. The number of thioether (sulfide) groups is 1. The summed E-state index contributed by atoms with van der Waals surface area (Å²) in [5.41, 5.74) is 2.64. The van der Waals surface area contributed by atoms with Crippen molar-refractivity contribution < 1.29 is 10.1 Å². The van der Waals surface area contributed by atoms with E-state index in [2.05, 4.69) is 29.4 Å². The molecule has 2 aromatic rings. The van der Waals surface area contributed by atoms with Gasteiger partial charge in [-0.25, -0.2) is 5.41 Å². The van der Waals surface area contributed by atoms with E-state index in [0.717, 1.165) is 16.7 Å². The van der Waals surface area contributed by atoms with Gasteiger partial charge in [-0.15, -0.1) is 0 Å². The second kappa shape index (κ2) is 8.88. The minimum absolute atomic E-state index is 0.0845. The van der Waals surface area contributed by atoms with Crippen LogP contribution in [0.3, 0.4) is 0 Å². The van der Waals surface area contributed by atoms with Crippen molar-refractivity contribution in [1.82, 2.24) is 20.4 Å². The summed E-state index contributed by atoms with van der Waals surface area (Å²) in [6, 6.07) is 6.00. The van der Waals surface area contributed by atoms with E-state index in [1.807, 2.05) is 29.3 Å². The molecular weight excluding hydrogens is 384 g/mol. The highest BCUT2D eigenvalue weighted by Gasteiger charge is 2.25. The summed E-state index contributed by atoms with van der Waals surface area (Å²) in [5, 5.41) is 26.2. The molecule has 0 aliphatic carbocycles. The monoisotopic (exact) mass is 407 g/mol. The number of aromatic amines is 1. The second-order valence-corrected chi connectivity index (χ2v) is 8.02. The largest absolute Gasteiger partial charge is 0.360 e. The zero-order chi connectivity index (χ0) is 19.4. The Hall–Kier alpha value is -1.87. The summed E-state index contributed by atoms with van der Waals surface area (Å²) in [6.45, 7) is 6.01. The Morgan fingerprint density at radius 2 is 2.30 bits per heavy atom. The summed E-state index contributed by atoms with van der Waals surface area (Å²) in [7, 11) is 0. The first-order valence-electron chi connectivity index (χ1n) is 8.74. The van der Waals surface area contributed by atoms with Crippen LogP contribution in [0.1, 0.15) is 19.4 Å². The van der Waals surface area contributed by atoms with Crippen LogP contribution in [0.4, 0.5) is 0 Å². The van der Waals surface area contributed by atoms with Crippen molar-refractivity contribution in [2.75, 3.05) is 19.7 Å². The van der Waals surface area contributed by atoms with E-state index in [1.54, 1.807) is 6.20 Å². The van der Waals surface area contributed by atoms with E-state index < -0.39 is 0 Å². The molecule has 1 atom stereocenters. The molecule has 1 fully saturated rings. The van der Waals surface area contributed by atoms with E-state index in [0.29, 0.717) is 41.0 Å². The van der Waals surface area contributed by atoms with Crippen LogP contribution in [0.5, 0.6) is 0 Å². The third kappa shape index (κ3) is 5.10. The highest BCUT2D eigenvalue weighted by atomic mass is 35.5. The highest BCUT2D eigenvalue weighted by Crippen LogP contribution is 2.27. The molecule has 0 bridgehead atoms. The Kier molecular flexibility index (Phi) is 6.54. The number of halogens is 1. The maximum absolute atomic E-state index is 8.41. The lowest BCUT2D eigenvalue weighted by molar-refractivity contribution is -0.107. The number of nitrogens with two attached hydrogens (primary N) is 1. The molecule has 0 saturated carbocycles. The third-order valence-electron chi connectivity index (χ3n) is 4.15. The molecule has 3 rings (SSSR count). The number of hydrogen-bond donors (Lipinski definition) is 4. The van der Waals surface area contributed by atoms with E-state index in [4.69, 9.17) is 27.2 Å². The van der Waals surface area contributed by atoms with Gasteiger partial charge in [0.15, 0.2) is 5.17 Å². The van der Waals surface area contributed by atoms with Gasteiger partial charge in [-0.3, -0.25) is 15.8 Å². The van der Waals surface area contributed by atoms with Gasteiger partial charge < -0.3 is 9.64 Å². The predicted molar refractivity (Wildman–Crippen MR) is 110 cm³/mol. The number of aromatic nitrogens is 2. The van der Waals surface area contributed by atoms with Crippen LogP contribution in [0.2, 0.25) is 5.02 Å². The van der Waals surface area contributed by atoms with E-state index in [1.165, 1.54) is 11.8 Å². The minimum Gasteiger partial charge on any atom is -0.360 e. The van der Waals surface area contributed by atoms with Crippen LogP contribution in [-0.4, -0.2) is 57.3 Å². The molecular formula is C18H24ClN6OS+. The van der Waals surface area contributed by atoms with Crippen molar-refractivity contribution in [2.24, 2.45) is 0 Å². The summed E-state index contributed by atoms with van der Waals surface area (Å²) >= 11 is 7.65. The Balaban J connectivity index is 1.63. The Morgan fingerprint density at radius 1 is 1.48 bits per heavy atom. The van der Waals surface area contributed by atoms with Gasteiger partial charge >= 0.3 is 0 Å². The standard InChI is InChI=1S/C18H23ClN6OS/c1-11(2)24-16-10-25(5-6-26-16)18(21)27-17(20)14-4-3-12(7-15(14)19)13-8-22-23-9-13/h3-4,7-9,11,16,20-21,24H,5-6,10H2,1-2H3,(H,22,23)/p+1. The minimum atomic E-state index is -0.0845. The van der Waals surface area contributed by atoms with Crippen LogP contribution >= 0.6 is 23.4 Å². The average molecular weight is 408 g/mol. The lowest BCUT2D eigenvalue weighted by Crippen LogP contribution is -2.52. The number of ether oxygens (including phenoxy) is 1. The Bertz CT molecular complexity index is 810. The van der Waals surface area contributed by atoms with Gasteiger partial charge in [0.2, 0.25) is 5.04 Å². The van der Waals surface area contributed by atoms with Crippen LogP contribution < -0.4 is 10.7 Å². The SMILES string of the molecule is CC(C)NC1CN(C(=N)SC(=[NH2+])c2ccc(-c3cn[nH]c3)cc2Cl)CCO1. The molecule has 27 heavy (non-hydrogen) atoms. The van der Waals surface area contributed by atoms with Crippen LogP contribution in [0.25, 0.3) is 11.1 Å². The molecule has 144 valence electrons. The number of rotatable bonds is 4. The molecule has 1 aromatic carbocycles. The fourth-order valence-electron chi connectivity index (χ4n) is 2.83. The molecule has 2 heterocycles.